The van der Waals surface area contributed by atoms with Crippen LogP contribution in [0, 0.1) is 0 Å². The van der Waals surface area contributed by atoms with Crippen LogP contribution in [0.3, 0.4) is 0 Å². The number of benzene rings is 2. The van der Waals surface area contributed by atoms with Gasteiger partial charge in [-0.15, -0.1) is 0 Å². The number of carbonyl (C=O) groups excluding carboxylic acids is 2. The van der Waals surface area contributed by atoms with Crippen molar-refractivity contribution in [2.75, 3.05) is 26.2 Å². The molecule has 0 saturated carbocycles. The molecule has 39 heavy (non-hydrogen) atoms. The number of rotatable bonds is 6. The summed E-state index contributed by atoms with van der Waals surface area (Å²) < 4.78 is 85.2. The van der Waals surface area contributed by atoms with Crippen molar-refractivity contribution in [3.63, 3.8) is 0 Å². The molecule has 4 rings (SSSR count). The van der Waals surface area contributed by atoms with Crippen LogP contribution in [0.2, 0.25) is 0 Å². The SMILES string of the molecule is CC(=O)N1CCC(N2CCC(COCc3cc(C(F)(F)F)cc(C(F)(F)F)c3)(c3ccccc3)NC2=O)CC1. The summed E-state index contributed by atoms with van der Waals surface area (Å²) >= 11 is 0. The van der Waals surface area contributed by atoms with Crippen molar-refractivity contribution >= 4 is 11.9 Å². The molecule has 2 aromatic carbocycles. The number of piperidine rings is 1. The smallest absolute Gasteiger partial charge is 0.374 e. The lowest BCUT2D eigenvalue weighted by Crippen LogP contribution is -2.63. The van der Waals surface area contributed by atoms with Gasteiger partial charge in [-0.25, -0.2) is 4.79 Å². The van der Waals surface area contributed by atoms with Gasteiger partial charge < -0.3 is 19.9 Å². The summed E-state index contributed by atoms with van der Waals surface area (Å²) in [5.41, 5.74) is -3.41. The first kappa shape index (κ1) is 28.7. The van der Waals surface area contributed by atoms with Gasteiger partial charge in [0.2, 0.25) is 5.91 Å². The zero-order valence-corrected chi connectivity index (χ0v) is 21.2. The molecule has 2 fully saturated rings. The van der Waals surface area contributed by atoms with E-state index in [1.807, 2.05) is 0 Å². The Morgan fingerprint density at radius 2 is 1.56 bits per heavy atom. The van der Waals surface area contributed by atoms with Crippen LogP contribution in [0.15, 0.2) is 48.5 Å². The Hall–Kier alpha value is -3.28. The average Bonchev–Trinajstić information content (AvgIpc) is 2.88. The van der Waals surface area contributed by atoms with Crippen molar-refractivity contribution in [2.45, 2.75) is 56.7 Å². The Labute approximate surface area is 221 Å². The van der Waals surface area contributed by atoms with E-state index >= 15 is 0 Å². The Kier molecular flexibility index (Phi) is 8.15. The largest absolute Gasteiger partial charge is 0.416 e. The molecule has 2 heterocycles. The molecule has 212 valence electrons. The van der Waals surface area contributed by atoms with Crippen LogP contribution in [0.1, 0.15) is 48.4 Å². The van der Waals surface area contributed by atoms with Crippen molar-refractivity contribution < 1.29 is 40.7 Å². The predicted octanol–water partition coefficient (Wildman–Crippen LogP) is 5.56. The number of alkyl halides is 6. The monoisotopic (exact) mass is 557 g/mol. The highest BCUT2D eigenvalue weighted by Gasteiger charge is 2.43. The van der Waals surface area contributed by atoms with Crippen molar-refractivity contribution in [2.24, 2.45) is 0 Å². The molecule has 0 radical (unpaired) electrons. The van der Waals surface area contributed by atoms with Gasteiger partial charge in [-0.3, -0.25) is 4.79 Å². The fraction of sp³-hybridized carbons (Fsp3) is 0.481. The Morgan fingerprint density at radius 1 is 0.974 bits per heavy atom. The first-order valence-corrected chi connectivity index (χ1v) is 12.5. The summed E-state index contributed by atoms with van der Waals surface area (Å²) in [5.74, 6) is -0.0140. The van der Waals surface area contributed by atoms with E-state index < -0.39 is 35.6 Å². The highest BCUT2D eigenvalue weighted by molar-refractivity contribution is 5.77. The molecule has 6 nitrogen and oxygen atoms in total. The van der Waals surface area contributed by atoms with Crippen molar-refractivity contribution in [3.8, 4) is 0 Å². The molecule has 2 aliphatic rings. The number of hydrogen-bond acceptors (Lipinski definition) is 3. The summed E-state index contributed by atoms with van der Waals surface area (Å²) in [6.45, 7) is 2.31. The molecule has 3 amide bonds. The zero-order valence-electron chi connectivity index (χ0n) is 21.2. The Morgan fingerprint density at radius 3 is 2.08 bits per heavy atom. The third kappa shape index (κ3) is 6.66. The number of nitrogens with one attached hydrogen (secondary N) is 1. The number of ether oxygens (including phenoxy) is 1. The molecule has 0 aliphatic carbocycles. The van der Waals surface area contributed by atoms with Crippen molar-refractivity contribution in [3.05, 3.63) is 70.8 Å². The third-order valence-corrected chi connectivity index (χ3v) is 7.33. The van der Waals surface area contributed by atoms with Crippen LogP contribution in [-0.2, 0) is 34.0 Å². The molecule has 2 aromatic rings. The van der Waals surface area contributed by atoms with Gasteiger partial charge in [0.05, 0.1) is 29.9 Å². The number of likely N-dealkylation sites (tertiary alicyclic amines) is 1. The van der Waals surface area contributed by atoms with Crippen LogP contribution < -0.4 is 5.32 Å². The van der Waals surface area contributed by atoms with E-state index in [1.165, 1.54) is 6.92 Å². The maximum atomic E-state index is 13.3. The normalized spacial score (nSPS) is 21.2. The number of urea groups is 1. The van der Waals surface area contributed by atoms with E-state index in [-0.39, 0.29) is 36.2 Å². The fourth-order valence-electron chi connectivity index (χ4n) is 5.20. The van der Waals surface area contributed by atoms with Gasteiger partial charge in [-0.1, -0.05) is 30.3 Å². The molecule has 0 spiro atoms. The molecular weight excluding hydrogens is 528 g/mol. The summed E-state index contributed by atoms with van der Waals surface area (Å²) in [4.78, 5) is 28.4. The van der Waals surface area contributed by atoms with E-state index in [1.54, 1.807) is 40.1 Å². The van der Waals surface area contributed by atoms with Gasteiger partial charge in [-0.2, -0.15) is 26.3 Å². The number of halogens is 6. The van der Waals surface area contributed by atoms with Gasteiger partial charge in [0.15, 0.2) is 0 Å². The molecule has 1 N–H and O–H groups in total. The minimum Gasteiger partial charge on any atom is -0.374 e. The molecule has 0 bridgehead atoms. The Balaban J connectivity index is 1.50. The van der Waals surface area contributed by atoms with Crippen LogP contribution in [0.25, 0.3) is 0 Å². The van der Waals surface area contributed by atoms with Gasteiger partial charge in [-0.05, 0) is 48.6 Å². The number of carbonyl (C=O) groups is 2. The highest BCUT2D eigenvalue weighted by Crippen LogP contribution is 2.37. The van der Waals surface area contributed by atoms with E-state index in [9.17, 15) is 35.9 Å². The van der Waals surface area contributed by atoms with E-state index in [2.05, 4.69) is 5.32 Å². The second kappa shape index (κ2) is 11.1. The minimum atomic E-state index is -4.96. The number of nitrogens with zero attached hydrogens (tertiary/aromatic N) is 2. The van der Waals surface area contributed by atoms with E-state index in [0.717, 1.165) is 0 Å². The predicted molar refractivity (Wildman–Crippen MR) is 129 cm³/mol. The molecule has 1 unspecified atom stereocenters. The second-order valence-electron chi connectivity index (χ2n) is 9.97. The third-order valence-electron chi connectivity index (χ3n) is 7.33. The van der Waals surface area contributed by atoms with Crippen LogP contribution in [0.4, 0.5) is 31.1 Å². The highest BCUT2D eigenvalue weighted by atomic mass is 19.4. The first-order valence-electron chi connectivity index (χ1n) is 12.5. The van der Waals surface area contributed by atoms with Crippen LogP contribution in [-0.4, -0.2) is 54.0 Å². The molecule has 2 aliphatic heterocycles. The summed E-state index contributed by atoms with van der Waals surface area (Å²) in [6, 6.07) is 9.87. The lowest BCUT2D eigenvalue weighted by Gasteiger charge is -2.46. The zero-order chi connectivity index (χ0) is 28.4. The lowest BCUT2D eigenvalue weighted by atomic mass is 9.85. The summed E-state index contributed by atoms with van der Waals surface area (Å²) in [7, 11) is 0. The molecule has 0 aromatic heterocycles. The summed E-state index contributed by atoms with van der Waals surface area (Å²) in [5, 5.41) is 3.01. The number of hydrogen-bond donors (Lipinski definition) is 1. The van der Waals surface area contributed by atoms with E-state index in [4.69, 9.17) is 4.74 Å². The standard InChI is InChI=1S/C27H29F6N3O3/c1-18(37)35-10-7-23(8-11-35)36-12-9-25(34-24(36)38,20-5-3-2-4-6-20)17-39-16-19-13-21(26(28,29)30)15-22(14-19)27(31,32)33/h2-6,13-15,23H,7-12,16-17H2,1H3,(H,34,38). The second-order valence-corrected chi connectivity index (χ2v) is 9.97. The van der Waals surface area contributed by atoms with Crippen LogP contribution >= 0.6 is 0 Å². The topological polar surface area (TPSA) is 61.9 Å². The van der Waals surface area contributed by atoms with Crippen molar-refractivity contribution in [1.29, 1.82) is 0 Å². The first-order chi connectivity index (χ1) is 18.3. The summed E-state index contributed by atoms with van der Waals surface area (Å²) in [6.07, 6.45) is -8.23. The molecule has 1 atom stereocenters. The molecular formula is C27H29F6N3O3. The lowest BCUT2D eigenvalue weighted by molar-refractivity contribution is -0.143. The van der Waals surface area contributed by atoms with Gasteiger partial charge >= 0.3 is 18.4 Å². The Bertz CT molecular complexity index is 1150. The van der Waals surface area contributed by atoms with Crippen molar-refractivity contribution in [1.82, 2.24) is 15.1 Å². The van der Waals surface area contributed by atoms with E-state index in [0.29, 0.717) is 56.6 Å². The minimum absolute atomic E-state index is 0.0140. The number of amides is 3. The maximum absolute atomic E-state index is 13.3. The van der Waals surface area contributed by atoms with Crippen LogP contribution in [0.5, 0.6) is 0 Å². The molecule has 12 heteroatoms. The van der Waals surface area contributed by atoms with Gasteiger partial charge in [0.1, 0.15) is 0 Å². The quantitative estimate of drug-likeness (QED) is 0.473. The average molecular weight is 558 g/mol. The maximum Gasteiger partial charge on any atom is 0.416 e. The fourth-order valence-corrected chi connectivity index (χ4v) is 5.20. The van der Waals surface area contributed by atoms with Gasteiger partial charge in [0.25, 0.3) is 0 Å². The van der Waals surface area contributed by atoms with Gasteiger partial charge in [0, 0.05) is 32.6 Å². The molecule has 2 saturated heterocycles.